The van der Waals surface area contributed by atoms with Gasteiger partial charge >= 0.3 is 0 Å². The van der Waals surface area contributed by atoms with E-state index in [4.69, 9.17) is 10.00 Å². The monoisotopic (exact) mass is 247 g/mol. The maximum atomic E-state index is 11.8. The summed E-state index contributed by atoms with van der Waals surface area (Å²) in [4.78, 5) is 0. The van der Waals surface area contributed by atoms with Gasteiger partial charge in [-0.2, -0.15) is 5.26 Å². The number of hydrogen-bond donors (Lipinski definition) is 1. The van der Waals surface area contributed by atoms with Crippen LogP contribution in [0.5, 0.6) is 0 Å². The standard InChI is InChI=1S/C9H17N3O3S/c1-8(5-10)16(13,14)12(2)7-9-6-11-3-4-15-9/h8-9,11H,3-4,6-7H2,1-2H3. The van der Waals surface area contributed by atoms with Crippen molar-refractivity contribution in [3.8, 4) is 6.07 Å². The van der Waals surface area contributed by atoms with Crippen molar-refractivity contribution in [3.05, 3.63) is 0 Å². The third kappa shape index (κ3) is 3.15. The second-order valence-electron chi connectivity index (χ2n) is 3.79. The Morgan fingerprint density at radius 1 is 1.69 bits per heavy atom. The number of nitrogens with one attached hydrogen (secondary N) is 1. The van der Waals surface area contributed by atoms with Crippen molar-refractivity contribution in [1.82, 2.24) is 9.62 Å². The van der Waals surface area contributed by atoms with E-state index in [2.05, 4.69) is 5.32 Å². The Morgan fingerprint density at radius 2 is 2.38 bits per heavy atom. The normalized spacial score (nSPS) is 24.0. The summed E-state index contributed by atoms with van der Waals surface area (Å²) in [7, 11) is -2.05. The number of likely N-dealkylation sites (N-methyl/N-ethyl adjacent to an activating group) is 1. The van der Waals surface area contributed by atoms with Gasteiger partial charge < -0.3 is 10.1 Å². The number of nitriles is 1. The summed E-state index contributed by atoms with van der Waals surface area (Å²) in [6, 6.07) is 1.74. The van der Waals surface area contributed by atoms with Gasteiger partial charge in [0.2, 0.25) is 10.0 Å². The number of ether oxygens (including phenoxy) is 1. The smallest absolute Gasteiger partial charge is 0.230 e. The fourth-order valence-electron chi connectivity index (χ4n) is 1.46. The van der Waals surface area contributed by atoms with E-state index in [0.29, 0.717) is 13.2 Å². The van der Waals surface area contributed by atoms with Crippen LogP contribution in [0.4, 0.5) is 0 Å². The molecule has 6 nitrogen and oxygen atoms in total. The lowest BCUT2D eigenvalue weighted by Crippen LogP contribution is -2.47. The molecular weight excluding hydrogens is 230 g/mol. The van der Waals surface area contributed by atoms with Crippen molar-refractivity contribution in [2.75, 3.05) is 33.3 Å². The number of rotatable bonds is 4. The van der Waals surface area contributed by atoms with Crippen molar-refractivity contribution in [3.63, 3.8) is 0 Å². The highest BCUT2D eigenvalue weighted by Crippen LogP contribution is 2.08. The van der Waals surface area contributed by atoms with Crippen LogP contribution in [0.15, 0.2) is 0 Å². The van der Waals surface area contributed by atoms with Crippen LogP contribution < -0.4 is 5.32 Å². The summed E-state index contributed by atoms with van der Waals surface area (Å²) in [5.41, 5.74) is 0. The number of morpholine rings is 1. The van der Waals surface area contributed by atoms with E-state index in [1.165, 1.54) is 18.3 Å². The summed E-state index contributed by atoms with van der Waals surface area (Å²) in [6.45, 7) is 3.68. The Balaban J connectivity index is 2.57. The highest BCUT2D eigenvalue weighted by atomic mass is 32.2. The van der Waals surface area contributed by atoms with E-state index < -0.39 is 15.3 Å². The Kier molecular flexibility index (Phi) is 4.68. The molecule has 2 unspecified atom stereocenters. The van der Waals surface area contributed by atoms with Crippen LogP contribution in [-0.2, 0) is 14.8 Å². The molecule has 0 aromatic heterocycles. The van der Waals surface area contributed by atoms with Crippen molar-refractivity contribution in [2.45, 2.75) is 18.3 Å². The highest BCUT2D eigenvalue weighted by molar-refractivity contribution is 7.89. The van der Waals surface area contributed by atoms with Crippen LogP contribution in [0.1, 0.15) is 6.92 Å². The molecule has 0 radical (unpaired) electrons. The van der Waals surface area contributed by atoms with Gasteiger partial charge in [-0.15, -0.1) is 0 Å². The fourth-order valence-corrected chi connectivity index (χ4v) is 2.51. The average molecular weight is 247 g/mol. The topological polar surface area (TPSA) is 82.4 Å². The van der Waals surface area contributed by atoms with Gasteiger partial charge in [-0.3, -0.25) is 0 Å². The maximum Gasteiger partial charge on any atom is 0.230 e. The molecule has 1 aliphatic heterocycles. The first-order chi connectivity index (χ1) is 7.48. The molecule has 1 N–H and O–H groups in total. The zero-order chi connectivity index (χ0) is 12.2. The first kappa shape index (κ1) is 13.4. The minimum absolute atomic E-state index is 0.139. The largest absolute Gasteiger partial charge is 0.374 e. The quantitative estimate of drug-likeness (QED) is 0.699. The van der Waals surface area contributed by atoms with Gasteiger partial charge in [0.15, 0.2) is 5.25 Å². The molecule has 1 rings (SSSR count). The molecule has 2 atom stereocenters. The molecular formula is C9H17N3O3S. The Hall–Kier alpha value is -0.680. The van der Waals surface area contributed by atoms with Gasteiger partial charge in [-0.1, -0.05) is 0 Å². The van der Waals surface area contributed by atoms with Gasteiger partial charge in [0.05, 0.1) is 18.8 Å². The Morgan fingerprint density at radius 3 is 2.88 bits per heavy atom. The van der Waals surface area contributed by atoms with Crippen LogP contribution in [0.25, 0.3) is 0 Å². The molecule has 1 aliphatic rings. The van der Waals surface area contributed by atoms with Gasteiger partial charge in [0.25, 0.3) is 0 Å². The molecule has 1 saturated heterocycles. The van der Waals surface area contributed by atoms with E-state index in [1.807, 2.05) is 0 Å². The lowest BCUT2D eigenvalue weighted by molar-refractivity contribution is 0.0206. The summed E-state index contributed by atoms with van der Waals surface area (Å²) in [5.74, 6) is 0. The predicted molar refractivity (Wildman–Crippen MR) is 59.2 cm³/mol. The highest BCUT2D eigenvalue weighted by Gasteiger charge is 2.28. The van der Waals surface area contributed by atoms with Crippen LogP contribution in [0.2, 0.25) is 0 Å². The number of nitrogens with zero attached hydrogens (tertiary/aromatic N) is 2. The van der Waals surface area contributed by atoms with Gasteiger partial charge in [-0.25, -0.2) is 12.7 Å². The van der Waals surface area contributed by atoms with E-state index >= 15 is 0 Å². The molecule has 1 fully saturated rings. The first-order valence-corrected chi connectivity index (χ1v) is 6.66. The fraction of sp³-hybridized carbons (Fsp3) is 0.889. The Bertz CT molecular complexity index is 357. The van der Waals surface area contributed by atoms with Gasteiger partial charge in [-0.05, 0) is 6.92 Å². The molecule has 1 heterocycles. The van der Waals surface area contributed by atoms with Crippen molar-refractivity contribution in [2.24, 2.45) is 0 Å². The predicted octanol–water partition coefficient (Wildman–Crippen LogP) is -0.852. The lowest BCUT2D eigenvalue weighted by atomic mass is 10.3. The van der Waals surface area contributed by atoms with E-state index in [1.54, 1.807) is 6.07 Å². The van der Waals surface area contributed by atoms with Gasteiger partial charge in [0.1, 0.15) is 0 Å². The molecule has 92 valence electrons. The molecule has 0 aliphatic carbocycles. The number of sulfonamides is 1. The van der Waals surface area contributed by atoms with Crippen LogP contribution in [0.3, 0.4) is 0 Å². The first-order valence-electron chi connectivity index (χ1n) is 5.15. The van der Waals surface area contributed by atoms with Crippen LogP contribution in [0, 0.1) is 11.3 Å². The molecule has 0 aromatic rings. The molecule has 0 saturated carbocycles. The summed E-state index contributed by atoms with van der Waals surface area (Å²) < 4.78 is 30.1. The van der Waals surface area contributed by atoms with Crippen molar-refractivity contribution >= 4 is 10.0 Å². The second kappa shape index (κ2) is 5.59. The SMILES string of the molecule is CC(C#N)S(=O)(=O)N(C)CC1CNCCO1. The molecule has 0 bridgehead atoms. The summed E-state index contributed by atoms with van der Waals surface area (Å²) in [5, 5.41) is 10.7. The van der Waals surface area contributed by atoms with E-state index in [9.17, 15) is 8.42 Å². The second-order valence-corrected chi connectivity index (χ2v) is 6.15. The van der Waals surface area contributed by atoms with E-state index in [0.717, 1.165) is 6.54 Å². The van der Waals surface area contributed by atoms with E-state index in [-0.39, 0.29) is 12.6 Å². The van der Waals surface area contributed by atoms with Gasteiger partial charge in [0, 0.05) is 26.7 Å². The summed E-state index contributed by atoms with van der Waals surface area (Å²) in [6.07, 6.45) is -0.139. The summed E-state index contributed by atoms with van der Waals surface area (Å²) >= 11 is 0. The third-order valence-corrected chi connectivity index (χ3v) is 4.55. The minimum atomic E-state index is -3.52. The zero-order valence-electron chi connectivity index (χ0n) is 9.51. The molecule has 0 spiro atoms. The lowest BCUT2D eigenvalue weighted by Gasteiger charge is -2.28. The maximum absolute atomic E-state index is 11.8. The molecule has 16 heavy (non-hydrogen) atoms. The zero-order valence-corrected chi connectivity index (χ0v) is 10.3. The number of hydrogen-bond acceptors (Lipinski definition) is 5. The van der Waals surface area contributed by atoms with Crippen molar-refractivity contribution < 1.29 is 13.2 Å². The molecule has 0 amide bonds. The Labute approximate surface area is 96.2 Å². The third-order valence-electron chi connectivity index (χ3n) is 2.53. The van der Waals surface area contributed by atoms with Crippen LogP contribution in [-0.4, -0.2) is 57.4 Å². The molecule has 7 heteroatoms. The van der Waals surface area contributed by atoms with Crippen molar-refractivity contribution in [1.29, 1.82) is 5.26 Å². The minimum Gasteiger partial charge on any atom is -0.374 e. The van der Waals surface area contributed by atoms with Crippen LogP contribution >= 0.6 is 0 Å². The average Bonchev–Trinajstić information content (AvgIpc) is 2.29. The molecule has 0 aromatic carbocycles.